The molecule has 1 aromatic rings. The average molecular weight is 284 g/mol. The maximum absolute atomic E-state index is 13.2. The minimum absolute atomic E-state index is 0.102. The fourth-order valence-electron chi connectivity index (χ4n) is 1.86. The van der Waals surface area contributed by atoms with Crippen molar-refractivity contribution in [1.82, 2.24) is 4.72 Å². The van der Waals surface area contributed by atoms with Crippen LogP contribution in [0.4, 0.5) is 4.39 Å². The highest BCUT2D eigenvalue weighted by molar-refractivity contribution is 7.89. The van der Waals surface area contributed by atoms with Gasteiger partial charge < -0.3 is 0 Å². The second kappa shape index (κ2) is 5.68. The van der Waals surface area contributed by atoms with Gasteiger partial charge in [0.2, 0.25) is 10.0 Å². The Hall–Kier alpha value is -1.45. The fourth-order valence-corrected chi connectivity index (χ4v) is 3.32. The Morgan fingerprint density at radius 2 is 2.05 bits per heavy atom. The zero-order chi connectivity index (χ0) is 14.7. The summed E-state index contributed by atoms with van der Waals surface area (Å²) in [7, 11) is -3.76. The number of nitrogens with zero attached hydrogens (tertiary/aromatic N) is 1. The Kier molecular flexibility index (Phi) is 4.66. The van der Waals surface area contributed by atoms with Crippen molar-refractivity contribution in [3.05, 3.63) is 29.6 Å². The number of benzene rings is 1. The largest absolute Gasteiger partial charge is 0.241 e. The average Bonchev–Trinajstić information content (AvgIpc) is 2.27. The predicted octanol–water partition coefficient (Wildman–Crippen LogP) is 2.55. The lowest BCUT2D eigenvalue weighted by Gasteiger charge is -2.25. The molecular formula is C13H17FN2O2S. The number of nitriles is 1. The molecule has 0 radical (unpaired) electrons. The van der Waals surface area contributed by atoms with E-state index in [0.717, 1.165) is 24.6 Å². The van der Waals surface area contributed by atoms with Crippen LogP contribution < -0.4 is 4.72 Å². The summed E-state index contributed by atoms with van der Waals surface area (Å²) in [4.78, 5) is -0.102. The van der Waals surface area contributed by atoms with Crippen LogP contribution in [0.15, 0.2) is 23.1 Å². The first-order valence-electron chi connectivity index (χ1n) is 5.95. The molecule has 6 heteroatoms. The van der Waals surface area contributed by atoms with Crippen LogP contribution in [-0.4, -0.2) is 14.0 Å². The summed E-state index contributed by atoms with van der Waals surface area (Å²) in [6.07, 6.45) is 1.51. The summed E-state index contributed by atoms with van der Waals surface area (Å²) in [6.45, 7) is 5.52. The SMILES string of the molecule is CCCC(C)(C)NS(=O)(=O)c1ccc(F)c(C#N)c1. The van der Waals surface area contributed by atoms with E-state index in [-0.39, 0.29) is 10.5 Å². The molecule has 0 saturated carbocycles. The van der Waals surface area contributed by atoms with Gasteiger partial charge in [-0.05, 0) is 38.5 Å². The highest BCUT2D eigenvalue weighted by atomic mass is 32.2. The van der Waals surface area contributed by atoms with Crippen LogP contribution in [0.1, 0.15) is 39.2 Å². The second-order valence-electron chi connectivity index (χ2n) is 4.99. The Labute approximate surface area is 113 Å². The third-order valence-corrected chi connectivity index (χ3v) is 4.35. The Morgan fingerprint density at radius 1 is 1.42 bits per heavy atom. The van der Waals surface area contributed by atoms with E-state index in [0.29, 0.717) is 6.42 Å². The molecule has 0 heterocycles. The Morgan fingerprint density at radius 3 is 2.58 bits per heavy atom. The third-order valence-electron chi connectivity index (χ3n) is 2.65. The minimum atomic E-state index is -3.76. The van der Waals surface area contributed by atoms with Crippen LogP contribution in [0.25, 0.3) is 0 Å². The van der Waals surface area contributed by atoms with Gasteiger partial charge in [-0.25, -0.2) is 17.5 Å². The number of rotatable bonds is 5. The van der Waals surface area contributed by atoms with Crippen molar-refractivity contribution in [3.63, 3.8) is 0 Å². The molecule has 0 atom stereocenters. The van der Waals surface area contributed by atoms with Crippen molar-refractivity contribution >= 4 is 10.0 Å². The standard InChI is InChI=1S/C13H17FN2O2S/c1-4-7-13(2,3)16-19(17,18)11-5-6-12(14)10(8-11)9-15/h5-6,8,16H,4,7H2,1-3H3. The van der Waals surface area contributed by atoms with Gasteiger partial charge in [0.15, 0.2) is 0 Å². The lowest BCUT2D eigenvalue weighted by molar-refractivity contribution is 0.417. The van der Waals surface area contributed by atoms with E-state index in [1.807, 2.05) is 6.92 Å². The molecule has 0 fully saturated rings. The van der Waals surface area contributed by atoms with Gasteiger partial charge in [-0.15, -0.1) is 0 Å². The van der Waals surface area contributed by atoms with Crippen molar-refractivity contribution < 1.29 is 12.8 Å². The van der Waals surface area contributed by atoms with E-state index in [2.05, 4.69) is 4.72 Å². The lowest BCUT2D eigenvalue weighted by Crippen LogP contribution is -2.43. The van der Waals surface area contributed by atoms with Crippen LogP contribution in [0, 0.1) is 17.1 Å². The van der Waals surface area contributed by atoms with E-state index < -0.39 is 21.4 Å². The molecule has 1 N–H and O–H groups in total. The van der Waals surface area contributed by atoms with Crippen molar-refractivity contribution in [2.75, 3.05) is 0 Å². The van der Waals surface area contributed by atoms with Crippen molar-refractivity contribution in [1.29, 1.82) is 5.26 Å². The lowest BCUT2D eigenvalue weighted by atomic mass is 10.0. The number of sulfonamides is 1. The molecule has 1 rings (SSSR count). The zero-order valence-electron chi connectivity index (χ0n) is 11.2. The summed E-state index contributed by atoms with van der Waals surface area (Å²) in [6, 6.07) is 4.81. The molecule has 0 bridgehead atoms. The third kappa shape index (κ3) is 4.01. The fraction of sp³-hybridized carbons (Fsp3) is 0.462. The van der Waals surface area contributed by atoms with Gasteiger partial charge in [-0.1, -0.05) is 13.3 Å². The topological polar surface area (TPSA) is 70.0 Å². The molecule has 0 spiro atoms. The number of nitrogens with one attached hydrogen (secondary N) is 1. The smallest absolute Gasteiger partial charge is 0.207 e. The maximum atomic E-state index is 13.2. The first kappa shape index (κ1) is 15.6. The van der Waals surface area contributed by atoms with Crippen molar-refractivity contribution in [2.24, 2.45) is 0 Å². The molecular weight excluding hydrogens is 267 g/mol. The van der Waals surface area contributed by atoms with E-state index in [9.17, 15) is 12.8 Å². The maximum Gasteiger partial charge on any atom is 0.241 e. The first-order valence-corrected chi connectivity index (χ1v) is 7.44. The van der Waals surface area contributed by atoms with Crippen molar-refractivity contribution in [3.8, 4) is 6.07 Å². The molecule has 0 aliphatic carbocycles. The second-order valence-corrected chi connectivity index (χ2v) is 6.68. The first-order chi connectivity index (χ1) is 8.72. The summed E-state index contributed by atoms with van der Waals surface area (Å²) < 4.78 is 40.1. The molecule has 19 heavy (non-hydrogen) atoms. The van der Waals surface area contributed by atoms with E-state index in [4.69, 9.17) is 5.26 Å². The number of hydrogen-bond donors (Lipinski definition) is 1. The minimum Gasteiger partial charge on any atom is -0.207 e. The molecule has 0 amide bonds. The molecule has 0 unspecified atom stereocenters. The summed E-state index contributed by atoms with van der Waals surface area (Å²) in [5.41, 5.74) is -0.870. The molecule has 0 saturated heterocycles. The zero-order valence-corrected chi connectivity index (χ0v) is 12.0. The van der Waals surface area contributed by atoms with Gasteiger partial charge in [-0.2, -0.15) is 5.26 Å². The van der Waals surface area contributed by atoms with E-state index >= 15 is 0 Å². The molecule has 0 aromatic heterocycles. The highest BCUT2D eigenvalue weighted by Crippen LogP contribution is 2.19. The number of hydrogen-bond acceptors (Lipinski definition) is 3. The number of halogens is 1. The molecule has 0 aliphatic heterocycles. The summed E-state index contributed by atoms with van der Waals surface area (Å²) in [5.74, 6) is -0.728. The van der Waals surface area contributed by atoms with Crippen LogP contribution in [-0.2, 0) is 10.0 Å². The van der Waals surface area contributed by atoms with Gasteiger partial charge in [0, 0.05) is 5.54 Å². The molecule has 4 nitrogen and oxygen atoms in total. The molecule has 0 aliphatic rings. The van der Waals surface area contributed by atoms with Crippen LogP contribution in [0.5, 0.6) is 0 Å². The van der Waals surface area contributed by atoms with Crippen LogP contribution >= 0.6 is 0 Å². The van der Waals surface area contributed by atoms with Gasteiger partial charge in [0.25, 0.3) is 0 Å². The highest BCUT2D eigenvalue weighted by Gasteiger charge is 2.25. The summed E-state index contributed by atoms with van der Waals surface area (Å²) in [5, 5.41) is 8.72. The van der Waals surface area contributed by atoms with Gasteiger partial charge >= 0.3 is 0 Å². The van der Waals surface area contributed by atoms with E-state index in [1.165, 1.54) is 0 Å². The van der Waals surface area contributed by atoms with Gasteiger partial charge in [0.1, 0.15) is 11.9 Å². The Bertz CT molecular complexity index is 604. The Balaban J connectivity index is 3.12. The summed E-state index contributed by atoms with van der Waals surface area (Å²) >= 11 is 0. The van der Waals surface area contributed by atoms with Crippen LogP contribution in [0.3, 0.4) is 0 Å². The van der Waals surface area contributed by atoms with E-state index in [1.54, 1.807) is 19.9 Å². The molecule has 1 aromatic carbocycles. The normalized spacial score (nSPS) is 12.2. The van der Waals surface area contributed by atoms with Crippen molar-refractivity contribution in [2.45, 2.75) is 44.0 Å². The quantitative estimate of drug-likeness (QED) is 0.903. The molecule has 104 valence electrons. The van der Waals surface area contributed by atoms with Gasteiger partial charge in [-0.3, -0.25) is 0 Å². The van der Waals surface area contributed by atoms with Crippen LogP contribution in [0.2, 0.25) is 0 Å². The van der Waals surface area contributed by atoms with Gasteiger partial charge in [0.05, 0.1) is 10.5 Å². The monoisotopic (exact) mass is 284 g/mol. The predicted molar refractivity (Wildman–Crippen MR) is 70.4 cm³/mol.